The number of aromatic nitrogens is 2. The van der Waals surface area contributed by atoms with Gasteiger partial charge in [-0.2, -0.15) is 0 Å². The van der Waals surface area contributed by atoms with Crippen molar-refractivity contribution in [3.05, 3.63) is 16.7 Å². The second-order valence-corrected chi connectivity index (χ2v) is 5.97. The monoisotopic (exact) mass is 244 g/mol. The van der Waals surface area contributed by atoms with E-state index in [9.17, 15) is 13.2 Å². The molecule has 1 aliphatic heterocycles. The number of nitrogens with zero attached hydrogens (tertiary/aromatic N) is 1. The molecule has 4 N–H and O–H groups in total. The van der Waals surface area contributed by atoms with E-state index in [0.29, 0.717) is 6.42 Å². The van der Waals surface area contributed by atoms with Gasteiger partial charge in [-0.3, -0.25) is 4.79 Å². The SMILES string of the molecule is Nc1c(NC2CCS(=O)(=O)C2)nc[nH]c1=O. The van der Waals surface area contributed by atoms with Crippen LogP contribution in [0, 0.1) is 0 Å². The Morgan fingerprint density at radius 1 is 1.56 bits per heavy atom. The van der Waals surface area contributed by atoms with Crippen LogP contribution in [0.5, 0.6) is 0 Å². The molecule has 2 rings (SSSR count). The van der Waals surface area contributed by atoms with E-state index in [4.69, 9.17) is 5.73 Å². The van der Waals surface area contributed by atoms with E-state index in [-0.39, 0.29) is 29.1 Å². The van der Waals surface area contributed by atoms with Crippen molar-refractivity contribution < 1.29 is 8.42 Å². The molecule has 2 heterocycles. The van der Waals surface area contributed by atoms with Gasteiger partial charge in [-0.1, -0.05) is 0 Å². The summed E-state index contributed by atoms with van der Waals surface area (Å²) in [5.41, 5.74) is 5.06. The molecular weight excluding hydrogens is 232 g/mol. The highest BCUT2D eigenvalue weighted by Gasteiger charge is 2.28. The zero-order chi connectivity index (χ0) is 11.8. The average molecular weight is 244 g/mol. The Bertz CT molecular complexity index is 551. The molecule has 0 saturated carbocycles. The van der Waals surface area contributed by atoms with Crippen molar-refractivity contribution in [1.29, 1.82) is 0 Å². The molecule has 0 bridgehead atoms. The van der Waals surface area contributed by atoms with E-state index in [0.717, 1.165) is 0 Å². The van der Waals surface area contributed by atoms with Gasteiger partial charge >= 0.3 is 0 Å². The maximum absolute atomic E-state index is 11.2. The number of aromatic amines is 1. The lowest BCUT2D eigenvalue weighted by molar-refractivity contribution is 0.602. The molecule has 1 saturated heterocycles. The molecule has 16 heavy (non-hydrogen) atoms. The largest absolute Gasteiger partial charge is 0.391 e. The van der Waals surface area contributed by atoms with Crippen LogP contribution in [0.2, 0.25) is 0 Å². The van der Waals surface area contributed by atoms with Crippen LogP contribution in [0.15, 0.2) is 11.1 Å². The van der Waals surface area contributed by atoms with Gasteiger partial charge in [0.05, 0.1) is 17.8 Å². The fourth-order valence-corrected chi connectivity index (χ4v) is 3.30. The molecule has 0 aromatic carbocycles. The third-order valence-corrected chi connectivity index (χ3v) is 4.23. The van der Waals surface area contributed by atoms with Crippen LogP contribution >= 0.6 is 0 Å². The van der Waals surface area contributed by atoms with Crippen molar-refractivity contribution in [1.82, 2.24) is 9.97 Å². The number of nitrogens with one attached hydrogen (secondary N) is 2. The molecule has 1 unspecified atom stereocenters. The summed E-state index contributed by atoms with van der Waals surface area (Å²) < 4.78 is 22.4. The highest BCUT2D eigenvalue weighted by molar-refractivity contribution is 7.91. The summed E-state index contributed by atoms with van der Waals surface area (Å²) in [5.74, 6) is 0.458. The number of sulfone groups is 1. The highest BCUT2D eigenvalue weighted by atomic mass is 32.2. The molecule has 0 amide bonds. The molecule has 1 aromatic heterocycles. The number of rotatable bonds is 2. The number of nitrogens with two attached hydrogens (primary N) is 1. The first-order valence-corrected chi connectivity index (χ1v) is 6.60. The van der Waals surface area contributed by atoms with Gasteiger partial charge in [-0.05, 0) is 6.42 Å². The lowest BCUT2D eigenvalue weighted by Gasteiger charge is -2.12. The van der Waals surface area contributed by atoms with E-state index in [2.05, 4.69) is 15.3 Å². The van der Waals surface area contributed by atoms with E-state index in [1.165, 1.54) is 6.33 Å². The van der Waals surface area contributed by atoms with Crippen molar-refractivity contribution in [3.8, 4) is 0 Å². The van der Waals surface area contributed by atoms with Gasteiger partial charge in [-0.15, -0.1) is 0 Å². The van der Waals surface area contributed by atoms with E-state index < -0.39 is 15.4 Å². The maximum atomic E-state index is 11.2. The van der Waals surface area contributed by atoms with Crippen LogP contribution in [-0.2, 0) is 9.84 Å². The number of H-pyrrole nitrogens is 1. The van der Waals surface area contributed by atoms with Gasteiger partial charge < -0.3 is 16.0 Å². The van der Waals surface area contributed by atoms with Crippen LogP contribution < -0.4 is 16.6 Å². The minimum absolute atomic E-state index is 0.0215. The number of anilines is 2. The zero-order valence-corrected chi connectivity index (χ0v) is 9.25. The molecule has 0 aliphatic carbocycles. The van der Waals surface area contributed by atoms with Crippen molar-refractivity contribution >= 4 is 21.3 Å². The van der Waals surface area contributed by atoms with Gasteiger partial charge in [0.25, 0.3) is 5.56 Å². The van der Waals surface area contributed by atoms with Gasteiger partial charge in [0.1, 0.15) is 5.69 Å². The topological polar surface area (TPSA) is 118 Å². The Morgan fingerprint density at radius 3 is 2.94 bits per heavy atom. The van der Waals surface area contributed by atoms with Crippen LogP contribution in [0.25, 0.3) is 0 Å². The van der Waals surface area contributed by atoms with E-state index in [1.54, 1.807) is 0 Å². The third kappa shape index (κ3) is 2.16. The molecule has 1 aromatic rings. The summed E-state index contributed by atoms with van der Waals surface area (Å²) in [6.07, 6.45) is 1.74. The van der Waals surface area contributed by atoms with Gasteiger partial charge in [0.15, 0.2) is 15.7 Å². The van der Waals surface area contributed by atoms with Crippen LogP contribution in [0.3, 0.4) is 0 Å². The molecule has 1 atom stereocenters. The number of hydrogen-bond acceptors (Lipinski definition) is 6. The summed E-state index contributed by atoms with van der Waals surface area (Å²) in [7, 11) is -2.96. The zero-order valence-electron chi connectivity index (χ0n) is 8.43. The van der Waals surface area contributed by atoms with Gasteiger partial charge in [-0.25, -0.2) is 13.4 Å². The molecule has 88 valence electrons. The van der Waals surface area contributed by atoms with Crippen LogP contribution in [0.4, 0.5) is 11.5 Å². The predicted octanol–water partition coefficient (Wildman–Crippen LogP) is -1.05. The second kappa shape index (κ2) is 3.78. The lowest BCUT2D eigenvalue weighted by Crippen LogP contribution is -2.24. The van der Waals surface area contributed by atoms with Crippen LogP contribution in [-0.4, -0.2) is 35.9 Å². The Hall–Kier alpha value is -1.57. The van der Waals surface area contributed by atoms with E-state index >= 15 is 0 Å². The first-order chi connectivity index (χ1) is 7.48. The summed E-state index contributed by atoms with van der Waals surface area (Å²) in [6.45, 7) is 0. The summed E-state index contributed by atoms with van der Waals surface area (Å²) in [4.78, 5) is 17.4. The fourth-order valence-electron chi connectivity index (χ4n) is 1.63. The van der Waals surface area contributed by atoms with Crippen molar-refractivity contribution in [2.75, 3.05) is 22.6 Å². The van der Waals surface area contributed by atoms with Crippen molar-refractivity contribution in [3.63, 3.8) is 0 Å². The fraction of sp³-hybridized carbons (Fsp3) is 0.500. The first-order valence-electron chi connectivity index (χ1n) is 4.78. The number of nitrogen functional groups attached to an aromatic ring is 1. The number of hydrogen-bond donors (Lipinski definition) is 3. The minimum atomic E-state index is -2.96. The quantitative estimate of drug-likeness (QED) is 0.611. The predicted molar refractivity (Wildman–Crippen MR) is 60.0 cm³/mol. The average Bonchev–Trinajstić information content (AvgIpc) is 2.53. The molecule has 7 nitrogen and oxygen atoms in total. The Labute approximate surface area is 92.0 Å². The normalized spacial score (nSPS) is 23.1. The third-order valence-electron chi connectivity index (χ3n) is 2.46. The molecular formula is C8H12N4O3S. The summed E-state index contributed by atoms with van der Waals surface area (Å²) in [6, 6.07) is -0.221. The molecule has 8 heteroatoms. The smallest absolute Gasteiger partial charge is 0.276 e. The summed E-state index contributed by atoms with van der Waals surface area (Å²) in [5, 5.41) is 2.87. The Morgan fingerprint density at radius 2 is 2.31 bits per heavy atom. The maximum Gasteiger partial charge on any atom is 0.276 e. The van der Waals surface area contributed by atoms with Gasteiger partial charge in [0.2, 0.25) is 0 Å². The molecule has 0 spiro atoms. The van der Waals surface area contributed by atoms with Crippen molar-refractivity contribution in [2.45, 2.75) is 12.5 Å². The lowest BCUT2D eigenvalue weighted by atomic mass is 10.2. The second-order valence-electron chi connectivity index (χ2n) is 3.74. The van der Waals surface area contributed by atoms with Gasteiger partial charge in [0, 0.05) is 6.04 Å². The van der Waals surface area contributed by atoms with Crippen LogP contribution in [0.1, 0.15) is 6.42 Å². The summed E-state index contributed by atoms with van der Waals surface area (Å²) >= 11 is 0. The highest BCUT2D eigenvalue weighted by Crippen LogP contribution is 2.17. The molecule has 1 fully saturated rings. The Balaban J connectivity index is 2.17. The van der Waals surface area contributed by atoms with E-state index in [1.807, 2.05) is 0 Å². The Kier molecular flexibility index (Phi) is 2.58. The standard InChI is InChI=1S/C8H12N4O3S/c9-6-7(10-4-11-8(6)13)12-5-1-2-16(14,15)3-5/h4-5H,1-3,9H2,(H2,10,11,12,13). The van der Waals surface area contributed by atoms with Crippen molar-refractivity contribution in [2.24, 2.45) is 0 Å². The minimum Gasteiger partial charge on any atom is -0.391 e. The molecule has 1 aliphatic rings. The molecule has 0 radical (unpaired) electrons. The first kappa shape index (κ1) is 10.9.